The molecule has 0 unspecified atom stereocenters. The summed E-state index contributed by atoms with van der Waals surface area (Å²) in [5.41, 5.74) is 5.40. The third-order valence-corrected chi connectivity index (χ3v) is 4.33. The zero-order chi connectivity index (χ0) is 25.6. The van der Waals surface area contributed by atoms with Gasteiger partial charge in [-0.3, -0.25) is 4.68 Å². The van der Waals surface area contributed by atoms with Crippen LogP contribution in [0, 0.1) is 5.82 Å². The summed E-state index contributed by atoms with van der Waals surface area (Å²) in [4.78, 5) is 21.3. The first-order valence-corrected chi connectivity index (χ1v) is 9.39. The number of nitrogens with two attached hydrogens (primary N) is 1. The molecule has 0 saturated carbocycles. The predicted molar refractivity (Wildman–Crippen MR) is 107 cm³/mol. The number of carboxylic acids is 1. The highest BCUT2D eigenvalue weighted by molar-refractivity contribution is 5.73. The predicted octanol–water partition coefficient (Wildman–Crippen LogP) is 2.80. The molecule has 9 nitrogen and oxygen atoms in total. The Morgan fingerprint density at radius 3 is 2.29 bits per heavy atom. The average molecular weight is 492 g/mol. The van der Waals surface area contributed by atoms with Crippen LogP contribution in [0.1, 0.15) is 6.92 Å². The average Bonchev–Trinajstić information content (AvgIpc) is 3.38. The Hall–Kier alpha value is -3.88. The lowest BCUT2D eigenvalue weighted by Crippen LogP contribution is -2.26. The van der Waals surface area contributed by atoms with E-state index in [1.165, 1.54) is 12.1 Å². The molecular formula is C19H18F6N6O3. The molecule has 0 aliphatic heterocycles. The van der Waals surface area contributed by atoms with Gasteiger partial charge in [0.1, 0.15) is 12.1 Å². The number of halogens is 6. The van der Waals surface area contributed by atoms with Crippen molar-refractivity contribution in [3.63, 3.8) is 0 Å². The van der Waals surface area contributed by atoms with E-state index >= 15 is 0 Å². The lowest BCUT2D eigenvalue weighted by molar-refractivity contribution is -0.192. The molecule has 0 fully saturated rings. The van der Waals surface area contributed by atoms with Gasteiger partial charge >= 0.3 is 17.8 Å². The largest absolute Gasteiger partial charge is 0.490 e. The van der Waals surface area contributed by atoms with Crippen LogP contribution in [0.25, 0.3) is 16.8 Å². The van der Waals surface area contributed by atoms with Crippen LogP contribution in [0.3, 0.4) is 0 Å². The zero-order valence-corrected chi connectivity index (χ0v) is 17.4. The molecular weight excluding hydrogens is 474 g/mol. The summed E-state index contributed by atoms with van der Waals surface area (Å²) in [5.74, 6) is -3.41. The Balaban J connectivity index is 0.000000509. The minimum absolute atomic E-state index is 0.0307. The van der Waals surface area contributed by atoms with Crippen LogP contribution in [0.4, 0.5) is 26.3 Å². The molecule has 0 saturated heterocycles. The maximum atomic E-state index is 14.6. The topological polar surface area (TPSA) is 121 Å². The Bertz CT molecular complexity index is 1240. The van der Waals surface area contributed by atoms with Gasteiger partial charge in [-0.1, -0.05) is 6.07 Å². The van der Waals surface area contributed by atoms with Crippen LogP contribution in [-0.4, -0.2) is 47.9 Å². The number of carboxylic acid groups (broad SMARTS) is 1. The Morgan fingerprint density at radius 1 is 1.18 bits per heavy atom. The molecule has 1 aromatic carbocycles. The van der Waals surface area contributed by atoms with Crippen LogP contribution in [0.5, 0.6) is 0 Å². The SMILES string of the molecule is CCn1cc(-c2ccc(-n3cnn(CC(CN)=C(F)F)c3=O)c(F)c2)cn1.O=C(O)C(F)(F)F. The molecule has 184 valence electrons. The van der Waals surface area contributed by atoms with Gasteiger partial charge in [0.25, 0.3) is 6.08 Å². The summed E-state index contributed by atoms with van der Waals surface area (Å²) < 4.78 is 75.2. The van der Waals surface area contributed by atoms with Crippen molar-refractivity contribution in [1.82, 2.24) is 24.1 Å². The summed E-state index contributed by atoms with van der Waals surface area (Å²) in [6, 6.07) is 4.35. The van der Waals surface area contributed by atoms with Crippen molar-refractivity contribution in [2.45, 2.75) is 26.2 Å². The molecule has 0 aliphatic carbocycles. The van der Waals surface area contributed by atoms with Gasteiger partial charge in [0.15, 0.2) is 0 Å². The minimum Gasteiger partial charge on any atom is -0.475 e. The summed E-state index contributed by atoms with van der Waals surface area (Å²) >= 11 is 0. The van der Waals surface area contributed by atoms with E-state index in [0.29, 0.717) is 12.1 Å². The van der Waals surface area contributed by atoms with Gasteiger partial charge < -0.3 is 10.8 Å². The van der Waals surface area contributed by atoms with E-state index in [2.05, 4.69) is 10.2 Å². The second-order valence-corrected chi connectivity index (χ2v) is 6.56. The van der Waals surface area contributed by atoms with E-state index in [-0.39, 0.29) is 5.69 Å². The lowest BCUT2D eigenvalue weighted by Gasteiger charge is -2.05. The molecule has 3 aromatic rings. The number of nitrogens with zero attached hydrogens (tertiary/aromatic N) is 5. The van der Waals surface area contributed by atoms with Gasteiger partial charge in [0.2, 0.25) is 0 Å². The number of hydrogen-bond donors (Lipinski definition) is 2. The van der Waals surface area contributed by atoms with Crippen LogP contribution in [-0.2, 0) is 17.9 Å². The van der Waals surface area contributed by atoms with Crippen LogP contribution < -0.4 is 11.4 Å². The fourth-order valence-corrected chi connectivity index (χ4v) is 2.56. The van der Waals surface area contributed by atoms with Crippen LogP contribution in [0.2, 0.25) is 0 Å². The normalized spacial score (nSPS) is 11.1. The molecule has 0 amide bonds. The van der Waals surface area contributed by atoms with Gasteiger partial charge in [-0.2, -0.15) is 32.1 Å². The van der Waals surface area contributed by atoms with E-state index < -0.39 is 48.4 Å². The molecule has 3 rings (SSSR count). The van der Waals surface area contributed by atoms with E-state index in [1.807, 2.05) is 6.92 Å². The zero-order valence-electron chi connectivity index (χ0n) is 17.4. The van der Waals surface area contributed by atoms with Crippen molar-refractivity contribution >= 4 is 5.97 Å². The summed E-state index contributed by atoms with van der Waals surface area (Å²) in [6.45, 7) is 1.76. The van der Waals surface area contributed by atoms with Gasteiger partial charge in [-0.05, 0) is 24.6 Å². The Kier molecular flexibility index (Phi) is 8.40. The fraction of sp³-hybridized carbons (Fsp3) is 0.263. The van der Waals surface area contributed by atoms with Gasteiger partial charge in [0.05, 0.1) is 18.4 Å². The van der Waals surface area contributed by atoms with E-state index in [9.17, 15) is 31.1 Å². The highest BCUT2D eigenvalue weighted by atomic mass is 19.4. The molecule has 0 radical (unpaired) electrons. The van der Waals surface area contributed by atoms with Crippen molar-refractivity contribution in [2.24, 2.45) is 5.73 Å². The molecule has 3 N–H and O–H groups in total. The highest BCUT2D eigenvalue weighted by Crippen LogP contribution is 2.23. The Morgan fingerprint density at radius 2 is 1.82 bits per heavy atom. The first-order valence-electron chi connectivity index (χ1n) is 9.39. The number of carbonyl (C=O) groups is 1. The van der Waals surface area contributed by atoms with Crippen molar-refractivity contribution in [3.8, 4) is 16.8 Å². The molecule has 0 aliphatic rings. The summed E-state index contributed by atoms with van der Waals surface area (Å²) in [6.07, 6.45) is -2.55. The van der Waals surface area contributed by atoms with Crippen molar-refractivity contribution in [1.29, 1.82) is 0 Å². The lowest BCUT2D eigenvalue weighted by atomic mass is 10.1. The third-order valence-electron chi connectivity index (χ3n) is 4.33. The molecule has 2 heterocycles. The fourth-order valence-electron chi connectivity index (χ4n) is 2.56. The van der Waals surface area contributed by atoms with E-state index in [0.717, 1.165) is 21.1 Å². The monoisotopic (exact) mass is 492 g/mol. The number of aryl methyl sites for hydroxylation is 1. The van der Waals surface area contributed by atoms with Crippen molar-refractivity contribution in [3.05, 3.63) is 64.9 Å². The van der Waals surface area contributed by atoms with Crippen LogP contribution >= 0.6 is 0 Å². The molecule has 0 bridgehead atoms. The Labute approximate surface area is 187 Å². The number of alkyl halides is 3. The highest BCUT2D eigenvalue weighted by Gasteiger charge is 2.38. The van der Waals surface area contributed by atoms with E-state index in [1.54, 1.807) is 23.1 Å². The number of benzene rings is 1. The minimum atomic E-state index is -5.08. The third kappa shape index (κ3) is 6.34. The molecule has 15 heteroatoms. The number of aromatic nitrogens is 5. The maximum absolute atomic E-state index is 14.6. The quantitative estimate of drug-likeness (QED) is 0.511. The first kappa shape index (κ1) is 26.4. The standard InChI is InChI=1S/C17H17F3N6O.C2HF3O2/c1-2-24-8-13(7-22-24)11-3-4-15(14(18)5-11)25-10-23-26(17(25)27)9-12(6-21)16(19)20;3-2(4,5)1(6)7/h3-5,7-8,10H,2,6,9,21H2,1H3;(H,6,7). The molecule has 0 atom stereocenters. The summed E-state index contributed by atoms with van der Waals surface area (Å²) in [7, 11) is 0. The van der Waals surface area contributed by atoms with Crippen molar-refractivity contribution in [2.75, 3.05) is 6.54 Å². The summed E-state index contributed by atoms with van der Waals surface area (Å²) in [5, 5.41) is 15.0. The number of rotatable bonds is 6. The number of aliphatic carboxylic acids is 1. The van der Waals surface area contributed by atoms with E-state index in [4.69, 9.17) is 15.6 Å². The first-order chi connectivity index (χ1) is 15.9. The smallest absolute Gasteiger partial charge is 0.475 e. The van der Waals surface area contributed by atoms with Crippen molar-refractivity contribution < 1.29 is 36.2 Å². The molecule has 2 aromatic heterocycles. The number of hydrogen-bond acceptors (Lipinski definition) is 5. The van der Waals surface area contributed by atoms with Crippen LogP contribution in [0.15, 0.2) is 53.4 Å². The molecule has 0 spiro atoms. The van der Waals surface area contributed by atoms with Gasteiger partial charge in [0, 0.05) is 30.4 Å². The maximum Gasteiger partial charge on any atom is 0.490 e. The van der Waals surface area contributed by atoms with Gasteiger partial charge in [-0.25, -0.2) is 23.2 Å². The van der Waals surface area contributed by atoms with Gasteiger partial charge in [-0.15, -0.1) is 0 Å². The molecule has 34 heavy (non-hydrogen) atoms. The second kappa shape index (κ2) is 10.8. The second-order valence-electron chi connectivity index (χ2n) is 6.56.